The van der Waals surface area contributed by atoms with Gasteiger partial charge in [-0.2, -0.15) is 10.1 Å². The van der Waals surface area contributed by atoms with Gasteiger partial charge < -0.3 is 10.3 Å². The van der Waals surface area contributed by atoms with Crippen molar-refractivity contribution in [2.75, 3.05) is 5.73 Å². The molecule has 1 fully saturated rings. The normalized spacial score (nSPS) is 15.7. The van der Waals surface area contributed by atoms with Crippen molar-refractivity contribution in [2.24, 2.45) is 0 Å². The van der Waals surface area contributed by atoms with Crippen LogP contribution in [0.5, 0.6) is 0 Å². The fourth-order valence-electron chi connectivity index (χ4n) is 1.44. The summed E-state index contributed by atoms with van der Waals surface area (Å²) in [5.41, 5.74) is 6.18. The standard InChI is InChI=1S/C9H11N5O/c10-7-3-11-14(4-7)5-8-12-9(13-15-8)6-1-2-6/h3-4,6H,1-2,5,10H2. The third kappa shape index (κ3) is 1.70. The predicted octanol–water partition coefficient (Wildman–Crippen LogP) is 0.774. The van der Waals surface area contributed by atoms with Gasteiger partial charge in [0.05, 0.1) is 11.9 Å². The van der Waals surface area contributed by atoms with Crippen LogP contribution in [0.15, 0.2) is 16.9 Å². The first-order chi connectivity index (χ1) is 7.31. The van der Waals surface area contributed by atoms with Crippen LogP contribution in [-0.2, 0) is 6.54 Å². The van der Waals surface area contributed by atoms with Crippen LogP contribution in [0.4, 0.5) is 5.69 Å². The molecule has 1 saturated carbocycles. The van der Waals surface area contributed by atoms with Crippen LogP contribution in [0.2, 0.25) is 0 Å². The number of hydrogen-bond donors (Lipinski definition) is 1. The average molecular weight is 205 g/mol. The Bertz CT molecular complexity index is 470. The maximum atomic E-state index is 5.55. The zero-order valence-corrected chi connectivity index (χ0v) is 8.13. The summed E-state index contributed by atoms with van der Waals surface area (Å²) in [5, 5.41) is 7.97. The van der Waals surface area contributed by atoms with Crippen molar-refractivity contribution in [1.82, 2.24) is 19.9 Å². The van der Waals surface area contributed by atoms with Crippen molar-refractivity contribution in [3.05, 3.63) is 24.1 Å². The molecule has 2 aromatic rings. The molecule has 0 bridgehead atoms. The minimum absolute atomic E-state index is 0.483. The highest BCUT2D eigenvalue weighted by molar-refractivity contribution is 5.30. The second kappa shape index (κ2) is 3.08. The monoisotopic (exact) mass is 205 g/mol. The van der Waals surface area contributed by atoms with Crippen molar-refractivity contribution >= 4 is 5.69 Å². The Morgan fingerprint density at radius 2 is 2.40 bits per heavy atom. The van der Waals surface area contributed by atoms with E-state index in [1.165, 1.54) is 12.8 Å². The molecule has 0 aromatic carbocycles. The SMILES string of the molecule is Nc1cnn(Cc2nc(C3CC3)no2)c1. The molecule has 2 heterocycles. The molecule has 2 N–H and O–H groups in total. The Hall–Kier alpha value is -1.85. The highest BCUT2D eigenvalue weighted by Gasteiger charge is 2.28. The third-order valence-corrected chi connectivity index (χ3v) is 2.38. The van der Waals surface area contributed by atoms with Crippen LogP contribution in [0, 0.1) is 0 Å². The Morgan fingerprint density at radius 3 is 3.07 bits per heavy atom. The lowest BCUT2D eigenvalue weighted by molar-refractivity contribution is 0.361. The molecule has 0 atom stereocenters. The van der Waals surface area contributed by atoms with Crippen molar-refractivity contribution in [3.63, 3.8) is 0 Å². The van der Waals surface area contributed by atoms with Gasteiger partial charge in [-0.05, 0) is 12.8 Å². The summed E-state index contributed by atoms with van der Waals surface area (Å²) in [5.74, 6) is 1.93. The average Bonchev–Trinajstić information content (AvgIpc) is 2.84. The van der Waals surface area contributed by atoms with Crippen LogP contribution in [0.1, 0.15) is 30.5 Å². The topological polar surface area (TPSA) is 82.8 Å². The van der Waals surface area contributed by atoms with Crippen LogP contribution in [0.25, 0.3) is 0 Å². The van der Waals surface area contributed by atoms with Gasteiger partial charge in [0.25, 0.3) is 0 Å². The largest absolute Gasteiger partial charge is 0.396 e. The number of nitrogen functional groups attached to an aromatic ring is 1. The zero-order chi connectivity index (χ0) is 10.3. The van der Waals surface area contributed by atoms with E-state index in [0.29, 0.717) is 24.0 Å². The van der Waals surface area contributed by atoms with E-state index >= 15 is 0 Å². The lowest BCUT2D eigenvalue weighted by atomic mass is 10.4. The molecule has 6 heteroatoms. The molecule has 0 aliphatic heterocycles. The van der Waals surface area contributed by atoms with Gasteiger partial charge in [-0.15, -0.1) is 0 Å². The molecule has 3 rings (SSSR count). The molecule has 1 aliphatic carbocycles. The van der Waals surface area contributed by atoms with E-state index in [2.05, 4.69) is 15.2 Å². The lowest BCUT2D eigenvalue weighted by Crippen LogP contribution is -2.00. The van der Waals surface area contributed by atoms with Gasteiger partial charge in [-0.25, -0.2) is 0 Å². The molecule has 0 spiro atoms. The smallest absolute Gasteiger partial charge is 0.248 e. The van der Waals surface area contributed by atoms with Crippen LogP contribution in [-0.4, -0.2) is 19.9 Å². The summed E-state index contributed by atoms with van der Waals surface area (Å²) in [7, 11) is 0. The number of aromatic nitrogens is 4. The van der Waals surface area contributed by atoms with Crippen LogP contribution >= 0.6 is 0 Å². The summed E-state index contributed by atoms with van der Waals surface area (Å²) in [6.45, 7) is 0.483. The van der Waals surface area contributed by atoms with Gasteiger partial charge in [0.2, 0.25) is 5.89 Å². The highest BCUT2D eigenvalue weighted by atomic mass is 16.5. The van der Waals surface area contributed by atoms with E-state index in [1.54, 1.807) is 17.1 Å². The molecular formula is C9H11N5O. The van der Waals surface area contributed by atoms with Crippen molar-refractivity contribution in [3.8, 4) is 0 Å². The lowest BCUT2D eigenvalue weighted by Gasteiger charge is -1.93. The number of nitrogens with zero attached hydrogens (tertiary/aromatic N) is 4. The Labute approximate surface area is 86.1 Å². The first kappa shape index (κ1) is 8.46. The fourth-order valence-corrected chi connectivity index (χ4v) is 1.44. The third-order valence-electron chi connectivity index (χ3n) is 2.38. The number of rotatable bonds is 3. The Kier molecular flexibility index (Phi) is 1.74. The number of hydrogen-bond acceptors (Lipinski definition) is 5. The molecule has 0 unspecified atom stereocenters. The van der Waals surface area contributed by atoms with E-state index in [0.717, 1.165) is 5.82 Å². The first-order valence-corrected chi connectivity index (χ1v) is 4.91. The second-order valence-corrected chi connectivity index (χ2v) is 3.79. The quantitative estimate of drug-likeness (QED) is 0.800. The maximum Gasteiger partial charge on any atom is 0.248 e. The van der Waals surface area contributed by atoms with Gasteiger partial charge in [-0.1, -0.05) is 5.16 Å². The van der Waals surface area contributed by atoms with E-state index in [1.807, 2.05) is 0 Å². The van der Waals surface area contributed by atoms with Gasteiger partial charge >= 0.3 is 0 Å². The molecule has 0 amide bonds. The fraction of sp³-hybridized carbons (Fsp3) is 0.444. The van der Waals surface area contributed by atoms with E-state index in [-0.39, 0.29) is 0 Å². The predicted molar refractivity (Wildman–Crippen MR) is 52.0 cm³/mol. The van der Waals surface area contributed by atoms with Crippen molar-refractivity contribution in [2.45, 2.75) is 25.3 Å². The summed E-state index contributed by atoms with van der Waals surface area (Å²) in [4.78, 5) is 4.30. The molecular weight excluding hydrogens is 194 g/mol. The van der Waals surface area contributed by atoms with Gasteiger partial charge in [0, 0.05) is 12.1 Å². The number of nitrogens with two attached hydrogens (primary N) is 1. The van der Waals surface area contributed by atoms with Crippen molar-refractivity contribution in [1.29, 1.82) is 0 Å². The summed E-state index contributed by atoms with van der Waals surface area (Å²) in [6.07, 6.45) is 5.68. The highest BCUT2D eigenvalue weighted by Crippen LogP contribution is 2.38. The van der Waals surface area contributed by atoms with E-state index in [9.17, 15) is 0 Å². The van der Waals surface area contributed by atoms with Crippen molar-refractivity contribution < 1.29 is 4.52 Å². The summed E-state index contributed by atoms with van der Waals surface area (Å²) >= 11 is 0. The minimum Gasteiger partial charge on any atom is -0.396 e. The molecule has 15 heavy (non-hydrogen) atoms. The molecule has 78 valence electrons. The Balaban J connectivity index is 1.75. The van der Waals surface area contributed by atoms with Gasteiger partial charge in [0.15, 0.2) is 5.82 Å². The molecule has 1 aliphatic rings. The van der Waals surface area contributed by atoms with Crippen LogP contribution < -0.4 is 5.73 Å². The summed E-state index contributed by atoms with van der Waals surface area (Å²) in [6, 6.07) is 0. The van der Waals surface area contributed by atoms with Crippen LogP contribution in [0.3, 0.4) is 0 Å². The molecule has 0 saturated heterocycles. The maximum absolute atomic E-state index is 5.55. The molecule has 2 aromatic heterocycles. The zero-order valence-electron chi connectivity index (χ0n) is 8.13. The number of anilines is 1. The minimum atomic E-state index is 0.483. The summed E-state index contributed by atoms with van der Waals surface area (Å²) < 4.78 is 6.80. The second-order valence-electron chi connectivity index (χ2n) is 3.79. The van der Waals surface area contributed by atoms with E-state index in [4.69, 9.17) is 10.3 Å². The molecule has 6 nitrogen and oxygen atoms in total. The van der Waals surface area contributed by atoms with Gasteiger partial charge in [0.1, 0.15) is 6.54 Å². The van der Waals surface area contributed by atoms with E-state index < -0.39 is 0 Å². The van der Waals surface area contributed by atoms with Gasteiger partial charge in [-0.3, -0.25) is 4.68 Å². The first-order valence-electron chi connectivity index (χ1n) is 4.91. The Morgan fingerprint density at radius 1 is 1.53 bits per heavy atom. The molecule has 0 radical (unpaired) electrons.